The van der Waals surface area contributed by atoms with E-state index in [1.807, 2.05) is 12.1 Å². The molecule has 0 spiro atoms. The summed E-state index contributed by atoms with van der Waals surface area (Å²) in [4.78, 5) is 0. The molecule has 1 saturated carbocycles. The van der Waals surface area contributed by atoms with Gasteiger partial charge in [-0.25, -0.2) is 13.2 Å². The Kier molecular flexibility index (Phi) is 5.21. The standard InChI is InChI=1S/C20H17F5/c21-17-10-16(11-18(22)20(17)25)15-7-5-14(6-8-15)13-3-1-12(2-4-13)9-19(23)24/h5-13H,1-4H2. The zero-order valence-corrected chi connectivity index (χ0v) is 13.4. The fraction of sp³-hybridized carbons (Fsp3) is 0.300. The lowest BCUT2D eigenvalue weighted by molar-refractivity contribution is 0.351. The van der Waals surface area contributed by atoms with Crippen molar-refractivity contribution in [1.29, 1.82) is 0 Å². The molecule has 0 unspecified atom stereocenters. The molecule has 0 radical (unpaired) electrons. The topological polar surface area (TPSA) is 0 Å². The molecule has 0 atom stereocenters. The summed E-state index contributed by atoms with van der Waals surface area (Å²) in [5, 5.41) is 0. The molecule has 1 fully saturated rings. The van der Waals surface area contributed by atoms with Crippen LogP contribution in [0.15, 0.2) is 48.6 Å². The largest absolute Gasteiger partial charge is 0.266 e. The minimum Gasteiger partial charge on any atom is -0.204 e. The Hall–Kier alpha value is -2.17. The average molecular weight is 352 g/mol. The van der Waals surface area contributed by atoms with E-state index in [1.54, 1.807) is 12.1 Å². The van der Waals surface area contributed by atoms with Gasteiger partial charge in [0.05, 0.1) is 0 Å². The molecule has 0 nitrogen and oxygen atoms in total. The number of halogens is 5. The second-order valence-electron chi connectivity index (χ2n) is 6.44. The second kappa shape index (κ2) is 7.38. The summed E-state index contributed by atoms with van der Waals surface area (Å²) >= 11 is 0. The van der Waals surface area contributed by atoms with Gasteiger partial charge in [0, 0.05) is 0 Å². The number of allylic oxidation sites excluding steroid dienone is 1. The molecule has 5 heteroatoms. The smallest absolute Gasteiger partial charge is 0.204 e. The molecule has 0 saturated heterocycles. The lowest BCUT2D eigenvalue weighted by Crippen LogP contribution is -2.11. The van der Waals surface area contributed by atoms with Crippen LogP contribution in [-0.4, -0.2) is 0 Å². The van der Waals surface area contributed by atoms with Crippen LogP contribution in [0.5, 0.6) is 0 Å². The average Bonchev–Trinajstić information content (AvgIpc) is 2.59. The van der Waals surface area contributed by atoms with Crippen molar-refractivity contribution in [3.8, 4) is 11.1 Å². The van der Waals surface area contributed by atoms with Crippen LogP contribution in [0.25, 0.3) is 11.1 Å². The maximum Gasteiger partial charge on any atom is 0.266 e. The van der Waals surface area contributed by atoms with Gasteiger partial charge in [0.25, 0.3) is 6.08 Å². The van der Waals surface area contributed by atoms with E-state index in [4.69, 9.17) is 0 Å². The van der Waals surface area contributed by atoms with Gasteiger partial charge < -0.3 is 0 Å². The van der Waals surface area contributed by atoms with Crippen molar-refractivity contribution in [2.75, 3.05) is 0 Å². The van der Waals surface area contributed by atoms with Gasteiger partial charge in [-0.3, -0.25) is 0 Å². The zero-order valence-electron chi connectivity index (χ0n) is 13.4. The zero-order chi connectivity index (χ0) is 18.0. The highest BCUT2D eigenvalue weighted by Gasteiger charge is 2.22. The number of rotatable bonds is 3. The van der Waals surface area contributed by atoms with Gasteiger partial charge in [0.15, 0.2) is 17.5 Å². The van der Waals surface area contributed by atoms with E-state index >= 15 is 0 Å². The first-order valence-corrected chi connectivity index (χ1v) is 8.21. The van der Waals surface area contributed by atoms with E-state index in [-0.39, 0.29) is 11.5 Å². The SMILES string of the molecule is FC(F)=CC1CCC(c2ccc(-c3cc(F)c(F)c(F)c3)cc2)CC1. The van der Waals surface area contributed by atoms with Crippen molar-refractivity contribution in [1.82, 2.24) is 0 Å². The Bertz CT molecular complexity index is 744. The maximum atomic E-state index is 13.3. The summed E-state index contributed by atoms with van der Waals surface area (Å²) in [5.74, 6) is -3.68. The highest BCUT2D eigenvalue weighted by atomic mass is 19.3. The third-order valence-corrected chi connectivity index (χ3v) is 4.83. The minimum absolute atomic E-state index is 0.0642. The Morgan fingerprint density at radius 2 is 1.36 bits per heavy atom. The second-order valence-corrected chi connectivity index (χ2v) is 6.44. The molecule has 2 aromatic carbocycles. The Morgan fingerprint density at radius 3 is 1.88 bits per heavy atom. The van der Waals surface area contributed by atoms with Gasteiger partial charge in [0.1, 0.15) is 0 Å². The first kappa shape index (κ1) is 17.6. The van der Waals surface area contributed by atoms with Gasteiger partial charge in [-0.05, 0) is 72.4 Å². The number of hydrogen-bond donors (Lipinski definition) is 0. The quantitative estimate of drug-likeness (QED) is 0.420. The van der Waals surface area contributed by atoms with Crippen molar-refractivity contribution < 1.29 is 22.0 Å². The fourth-order valence-electron chi connectivity index (χ4n) is 3.47. The van der Waals surface area contributed by atoms with Crippen LogP contribution < -0.4 is 0 Å². The first-order chi connectivity index (χ1) is 11.9. The molecule has 2 aromatic rings. The molecule has 0 heterocycles. The summed E-state index contributed by atoms with van der Waals surface area (Å²) in [6, 6.07) is 9.19. The van der Waals surface area contributed by atoms with Crippen LogP contribution in [0.4, 0.5) is 22.0 Å². The third-order valence-electron chi connectivity index (χ3n) is 4.83. The predicted molar refractivity (Wildman–Crippen MR) is 86.8 cm³/mol. The van der Waals surface area contributed by atoms with Crippen molar-refractivity contribution in [2.45, 2.75) is 31.6 Å². The molecule has 0 aromatic heterocycles. The normalized spacial score (nSPS) is 20.4. The molecule has 3 rings (SSSR count). The molecule has 0 amide bonds. The molecular formula is C20H17F5. The third kappa shape index (κ3) is 4.09. The lowest BCUT2D eigenvalue weighted by Gasteiger charge is -2.27. The van der Waals surface area contributed by atoms with Crippen LogP contribution in [-0.2, 0) is 0 Å². The highest BCUT2D eigenvalue weighted by Crippen LogP contribution is 2.37. The van der Waals surface area contributed by atoms with Gasteiger partial charge in [-0.1, -0.05) is 24.3 Å². The van der Waals surface area contributed by atoms with Gasteiger partial charge >= 0.3 is 0 Å². The minimum atomic E-state index is -1.62. The number of hydrogen-bond acceptors (Lipinski definition) is 0. The van der Waals surface area contributed by atoms with Gasteiger partial charge in [-0.2, -0.15) is 8.78 Å². The van der Waals surface area contributed by atoms with Crippen LogP contribution in [0.1, 0.15) is 37.2 Å². The van der Waals surface area contributed by atoms with E-state index < -0.39 is 23.5 Å². The van der Waals surface area contributed by atoms with E-state index in [0.29, 0.717) is 11.5 Å². The summed E-state index contributed by atoms with van der Waals surface area (Å²) in [6.45, 7) is 0. The monoisotopic (exact) mass is 352 g/mol. The Balaban J connectivity index is 1.72. The molecule has 0 N–H and O–H groups in total. The van der Waals surface area contributed by atoms with Gasteiger partial charge in [0.2, 0.25) is 0 Å². The summed E-state index contributed by atoms with van der Waals surface area (Å²) < 4.78 is 64.4. The highest BCUT2D eigenvalue weighted by molar-refractivity contribution is 5.64. The van der Waals surface area contributed by atoms with Crippen molar-refractivity contribution in [2.24, 2.45) is 5.92 Å². The Labute approximate surface area is 143 Å². The van der Waals surface area contributed by atoms with E-state index in [2.05, 4.69) is 0 Å². The Morgan fingerprint density at radius 1 is 0.800 bits per heavy atom. The van der Waals surface area contributed by atoms with Crippen LogP contribution in [0.3, 0.4) is 0 Å². The van der Waals surface area contributed by atoms with Crippen LogP contribution in [0.2, 0.25) is 0 Å². The summed E-state index contributed by atoms with van der Waals surface area (Å²) in [7, 11) is 0. The van der Waals surface area contributed by atoms with Crippen LogP contribution in [0, 0.1) is 23.4 Å². The van der Waals surface area contributed by atoms with Crippen LogP contribution >= 0.6 is 0 Å². The molecule has 1 aliphatic carbocycles. The maximum absolute atomic E-state index is 13.3. The van der Waals surface area contributed by atoms with E-state index in [0.717, 1.165) is 49.5 Å². The molecule has 1 aliphatic rings. The molecule has 132 valence electrons. The van der Waals surface area contributed by atoms with Crippen molar-refractivity contribution in [3.63, 3.8) is 0 Å². The molecule has 0 aliphatic heterocycles. The van der Waals surface area contributed by atoms with E-state index in [9.17, 15) is 22.0 Å². The molecule has 25 heavy (non-hydrogen) atoms. The number of benzene rings is 2. The molecular weight excluding hydrogens is 335 g/mol. The van der Waals surface area contributed by atoms with E-state index in [1.165, 1.54) is 0 Å². The van der Waals surface area contributed by atoms with Crippen molar-refractivity contribution >= 4 is 0 Å². The van der Waals surface area contributed by atoms with Gasteiger partial charge in [-0.15, -0.1) is 0 Å². The molecule has 0 bridgehead atoms. The summed E-state index contributed by atoms with van der Waals surface area (Å²) in [6.07, 6.45) is 2.51. The predicted octanol–water partition coefficient (Wildman–Crippen LogP) is 6.83. The summed E-state index contributed by atoms with van der Waals surface area (Å²) in [5.41, 5.74) is 1.95. The fourth-order valence-corrected chi connectivity index (χ4v) is 3.47. The first-order valence-electron chi connectivity index (χ1n) is 8.21. The lowest BCUT2D eigenvalue weighted by atomic mass is 9.78. The van der Waals surface area contributed by atoms with Crippen molar-refractivity contribution in [3.05, 3.63) is 71.6 Å².